The molecule has 102 valence electrons. The Morgan fingerprint density at radius 3 is 2.79 bits per heavy atom. The molecule has 0 radical (unpaired) electrons. The van der Waals surface area contributed by atoms with E-state index in [-0.39, 0.29) is 6.54 Å². The summed E-state index contributed by atoms with van der Waals surface area (Å²) >= 11 is 1.58. The van der Waals surface area contributed by atoms with Crippen molar-refractivity contribution >= 4 is 21.5 Å². The van der Waals surface area contributed by atoms with Crippen molar-refractivity contribution in [2.45, 2.75) is 6.54 Å². The lowest BCUT2D eigenvalue weighted by molar-refractivity contribution is 0.505. The van der Waals surface area contributed by atoms with Crippen LogP contribution in [0.3, 0.4) is 0 Å². The zero-order chi connectivity index (χ0) is 13.9. The highest BCUT2D eigenvalue weighted by Crippen LogP contribution is 2.23. The van der Waals surface area contributed by atoms with E-state index in [1.165, 1.54) is 14.1 Å². The van der Waals surface area contributed by atoms with Crippen LogP contribution in [0.5, 0.6) is 0 Å². The Kier molecular flexibility index (Phi) is 4.31. The van der Waals surface area contributed by atoms with Gasteiger partial charge in [0.15, 0.2) is 0 Å². The first kappa shape index (κ1) is 14.1. The highest BCUT2D eigenvalue weighted by molar-refractivity contribution is 7.87. The molecule has 0 saturated carbocycles. The second-order valence-electron chi connectivity index (χ2n) is 4.13. The summed E-state index contributed by atoms with van der Waals surface area (Å²) in [5.41, 5.74) is 2.67. The quantitative estimate of drug-likeness (QED) is 0.914. The molecule has 0 saturated heterocycles. The van der Waals surface area contributed by atoms with Crippen LogP contribution in [0.2, 0.25) is 0 Å². The van der Waals surface area contributed by atoms with Crippen LogP contribution < -0.4 is 4.72 Å². The van der Waals surface area contributed by atoms with Crippen molar-refractivity contribution in [2.75, 3.05) is 14.1 Å². The fourth-order valence-corrected chi connectivity index (χ4v) is 2.78. The van der Waals surface area contributed by atoms with Gasteiger partial charge in [-0.3, -0.25) is 4.98 Å². The van der Waals surface area contributed by atoms with Gasteiger partial charge in [-0.1, -0.05) is 6.07 Å². The molecule has 5 nitrogen and oxygen atoms in total. The Hall–Kier alpha value is -1.28. The van der Waals surface area contributed by atoms with Gasteiger partial charge in [0.25, 0.3) is 10.2 Å². The van der Waals surface area contributed by atoms with Crippen LogP contribution >= 0.6 is 11.3 Å². The predicted octanol–water partition coefficient (Wildman–Crippen LogP) is 1.71. The smallest absolute Gasteiger partial charge is 0.256 e. The first-order valence-electron chi connectivity index (χ1n) is 5.64. The summed E-state index contributed by atoms with van der Waals surface area (Å²) in [4.78, 5) is 4.32. The number of nitrogens with zero attached hydrogens (tertiary/aromatic N) is 2. The largest absolute Gasteiger partial charge is 0.279 e. The van der Waals surface area contributed by atoms with Gasteiger partial charge < -0.3 is 0 Å². The highest BCUT2D eigenvalue weighted by atomic mass is 32.2. The average molecular weight is 297 g/mol. The van der Waals surface area contributed by atoms with Gasteiger partial charge in [-0.05, 0) is 23.1 Å². The van der Waals surface area contributed by atoms with E-state index in [1.807, 2.05) is 22.9 Å². The van der Waals surface area contributed by atoms with Gasteiger partial charge in [0.05, 0.1) is 5.69 Å². The topological polar surface area (TPSA) is 62.3 Å². The fourth-order valence-electron chi connectivity index (χ4n) is 1.54. The fraction of sp³-hybridized carbons (Fsp3) is 0.250. The van der Waals surface area contributed by atoms with Gasteiger partial charge in [0.1, 0.15) is 0 Å². The molecule has 0 bridgehead atoms. The standard InChI is InChI=1S/C12H15N3O2S2/c1-15(2)19(16,17)14-8-10-4-3-6-13-12(10)11-5-7-18-9-11/h3-7,9,14H,8H2,1-2H3. The van der Waals surface area contributed by atoms with Crippen LogP contribution in [-0.4, -0.2) is 31.8 Å². The van der Waals surface area contributed by atoms with E-state index in [1.54, 1.807) is 23.6 Å². The van der Waals surface area contributed by atoms with E-state index in [9.17, 15) is 8.42 Å². The van der Waals surface area contributed by atoms with Crippen molar-refractivity contribution < 1.29 is 8.42 Å². The third-order valence-corrected chi connectivity index (χ3v) is 4.77. The van der Waals surface area contributed by atoms with Crippen LogP contribution in [0.25, 0.3) is 11.3 Å². The number of nitrogens with one attached hydrogen (secondary N) is 1. The lowest BCUT2D eigenvalue weighted by Crippen LogP contribution is -2.35. The molecule has 2 heterocycles. The summed E-state index contributed by atoms with van der Waals surface area (Å²) in [6.07, 6.45) is 1.71. The molecule has 0 spiro atoms. The minimum atomic E-state index is -3.42. The molecule has 0 aliphatic carbocycles. The number of aromatic nitrogens is 1. The van der Waals surface area contributed by atoms with Gasteiger partial charge in [0.2, 0.25) is 0 Å². The molecular weight excluding hydrogens is 282 g/mol. The molecule has 2 aromatic rings. The Morgan fingerprint density at radius 2 is 2.16 bits per heavy atom. The molecule has 0 aliphatic heterocycles. The van der Waals surface area contributed by atoms with Crippen LogP contribution in [0.1, 0.15) is 5.56 Å². The molecule has 0 aromatic carbocycles. The Balaban J connectivity index is 2.23. The zero-order valence-corrected chi connectivity index (χ0v) is 12.3. The summed E-state index contributed by atoms with van der Waals surface area (Å²) in [7, 11) is -0.441. The number of hydrogen-bond acceptors (Lipinski definition) is 4. The summed E-state index contributed by atoms with van der Waals surface area (Å²) in [6.45, 7) is 0.222. The second kappa shape index (κ2) is 5.79. The highest BCUT2D eigenvalue weighted by Gasteiger charge is 2.14. The summed E-state index contributed by atoms with van der Waals surface area (Å²) in [5.74, 6) is 0. The average Bonchev–Trinajstić information content (AvgIpc) is 2.90. The third-order valence-electron chi connectivity index (χ3n) is 2.61. The van der Waals surface area contributed by atoms with Gasteiger partial charge in [-0.2, -0.15) is 28.8 Å². The maximum atomic E-state index is 11.7. The van der Waals surface area contributed by atoms with E-state index < -0.39 is 10.2 Å². The Labute approximate surface area is 117 Å². The number of rotatable bonds is 5. The van der Waals surface area contributed by atoms with Gasteiger partial charge in [0, 0.05) is 37.8 Å². The van der Waals surface area contributed by atoms with Crippen LogP contribution in [-0.2, 0) is 16.8 Å². The number of thiophene rings is 1. The number of hydrogen-bond donors (Lipinski definition) is 1. The predicted molar refractivity (Wildman–Crippen MR) is 77.0 cm³/mol. The lowest BCUT2D eigenvalue weighted by atomic mass is 10.1. The molecule has 7 heteroatoms. The zero-order valence-electron chi connectivity index (χ0n) is 10.7. The van der Waals surface area contributed by atoms with E-state index >= 15 is 0 Å². The molecule has 2 aromatic heterocycles. The minimum absolute atomic E-state index is 0.222. The SMILES string of the molecule is CN(C)S(=O)(=O)NCc1cccnc1-c1ccsc1. The molecule has 0 amide bonds. The van der Waals surface area contributed by atoms with Crippen LogP contribution in [0, 0.1) is 0 Å². The van der Waals surface area contributed by atoms with Crippen molar-refractivity contribution in [3.63, 3.8) is 0 Å². The van der Waals surface area contributed by atoms with Gasteiger partial charge >= 0.3 is 0 Å². The second-order valence-corrected chi connectivity index (χ2v) is 6.88. The van der Waals surface area contributed by atoms with Crippen molar-refractivity contribution in [1.29, 1.82) is 0 Å². The molecule has 1 N–H and O–H groups in total. The van der Waals surface area contributed by atoms with Crippen molar-refractivity contribution in [3.8, 4) is 11.3 Å². The summed E-state index contributed by atoms with van der Waals surface area (Å²) in [6, 6.07) is 5.64. The molecular formula is C12H15N3O2S2. The lowest BCUT2D eigenvalue weighted by Gasteiger charge is -2.13. The Morgan fingerprint density at radius 1 is 1.37 bits per heavy atom. The third kappa shape index (κ3) is 3.38. The molecule has 2 rings (SSSR count). The molecule has 0 aliphatic rings. The summed E-state index contributed by atoms with van der Waals surface area (Å²) in [5, 5.41) is 3.96. The first-order valence-corrected chi connectivity index (χ1v) is 8.02. The molecule has 0 atom stereocenters. The normalized spacial score (nSPS) is 11.9. The minimum Gasteiger partial charge on any atom is -0.256 e. The van der Waals surface area contributed by atoms with Crippen LogP contribution in [0.4, 0.5) is 0 Å². The van der Waals surface area contributed by atoms with Crippen molar-refractivity contribution in [1.82, 2.24) is 14.0 Å². The Bertz CT molecular complexity index is 637. The van der Waals surface area contributed by atoms with E-state index in [0.29, 0.717) is 0 Å². The van der Waals surface area contributed by atoms with Crippen molar-refractivity contribution in [2.24, 2.45) is 0 Å². The molecule has 19 heavy (non-hydrogen) atoms. The first-order chi connectivity index (χ1) is 9.00. The molecule has 0 unspecified atom stereocenters. The molecule has 0 fully saturated rings. The summed E-state index contributed by atoms with van der Waals surface area (Å²) < 4.78 is 27.1. The number of pyridine rings is 1. The monoisotopic (exact) mass is 297 g/mol. The van der Waals surface area contributed by atoms with Gasteiger partial charge in [-0.25, -0.2) is 0 Å². The maximum Gasteiger partial charge on any atom is 0.279 e. The van der Waals surface area contributed by atoms with Crippen molar-refractivity contribution in [3.05, 3.63) is 40.7 Å². The van der Waals surface area contributed by atoms with E-state index in [4.69, 9.17) is 0 Å². The van der Waals surface area contributed by atoms with Gasteiger partial charge in [-0.15, -0.1) is 0 Å². The van der Waals surface area contributed by atoms with Crippen LogP contribution in [0.15, 0.2) is 35.2 Å². The van der Waals surface area contributed by atoms with E-state index in [0.717, 1.165) is 21.1 Å². The maximum absolute atomic E-state index is 11.7. The van der Waals surface area contributed by atoms with E-state index in [2.05, 4.69) is 9.71 Å².